The number of aromatic nitrogens is 4. The van der Waals surface area contributed by atoms with Crippen molar-refractivity contribution in [2.75, 3.05) is 11.9 Å². The van der Waals surface area contributed by atoms with Crippen LogP contribution in [0.25, 0.3) is 5.78 Å². The first kappa shape index (κ1) is 12.6. The average molecular weight is 282 g/mol. The molecule has 0 aliphatic heterocycles. The van der Waals surface area contributed by atoms with Gasteiger partial charge in [0.05, 0.1) is 12.1 Å². The number of anilines is 1. The largest absolute Gasteiger partial charge is 0.394 e. The maximum atomic E-state index is 9.70. The second kappa shape index (κ2) is 4.61. The van der Waals surface area contributed by atoms with Crippen LogP contribution in [-0.2, 0) is 0 Å². The molecule has 0 spiro atoms. The average Bonchev–Trinajstić information content (AvgIpc) is 3.04. The summed E-state index contributed by atoms with van der Waals surface area (Å²) in [6.07, 6.45) is 5.57. The fraction of sp³-hybridized carbons (Fsp3) is 0.583. The summed E-state index contributed by atoms with van der Waals surface area (Å²) in [5.41, 5.74) is 0.535. The predicted molar refractivity (Wildman–Crippen MR) is 72.4 cm³/mol. The SMILES string of the molecule is Cc1c(Cl)nc2ncnn2c1NC1(CO)CCCC1. The zero-order valence-corrected chi connectivity index (χ0v) is 11.5. The van der Waals surface area contributed by atoms with E-state index in [1.54, 1.807) is 4.52 Å². The van der Waals surface area contributed by atoms with Crippen LogP contribution >= 0.6 is 11.6 Å². The van der Waals surface area contributed by atoms with Crippen LogP contribution in [0.2, 0.25) is 5.15 Å². The van der Waals surface area contributed by atoms with Gasteiger partial charge in [0, 0.05) is 5.56 Å². The molecule has 1 saturated carbocycles. The number of aliphatic hydroxyl groups is 1. The number of aliphatic hydroxyl groups excluding tert-OH is 1. The highest BCUT2D eigenvalue weighted by atomic mass is 35.5. The van der Waals surface area contributed by atoms with E-state index < -0.39 is 0 Å². The molecular formula is C12H16ClN5O. The van der Waals surface area contributed by atoms with Crippen LogP contribution in [-0.4, -0.2) is 36.8 Å². The van der Waals surface area contributed by atoms with Crippen molar-refractivity contribution in [2.45, 2.75) is 38.1 Å². The Balaban J connectivity index is 2.08. The number of nitrogens with one attached hydrogen (secondary N) is 1. The first-order valence-electron chi connectivity index (χ1n) is 6.40. The molecule has 6 nitrogen and oxygen atoms in total. The maximum absolute atomic E-state index is 9.70. The highest BCUT2D eigenvalue weighted by molar-refractivity contribution is 6.30. The molecule has 2 aromatic rings. The molecule has 0 atom stereocenters. The smallest absolute Gasteiger partial charge is 0.255 e. The van der Waals surface area contributed by atoms with Crippen molar-refractivity contribution < 1.29 is 5.11 Å². The minimum absolute atomic E-state index is 0.0998. The minimum Gasteiger partial charge on any atom is -0.394 e. The summed E-state index contributed by atoms with van der Waals surface area (Å²) < 4.78 is 1.64. The number of halogens is 1. The van der Waals surface area contributed by atoms with E-state index in [1.807, 2.05) is 6.92 Å². The quantitative estimate of drug-likeness (QED) is 0.839. The minimum atomic E-state index is -0.283. The number of hydrogen-bond acceptors (Lipinski definition) is 5. The Morgan fingerprint density at radius 2 is 2.21 bits per heavy atom. The first-order chi connectivity index (χ1) is 9.15. The Bertz CT molecular complexity index is 605. The second-order valence-electron chi connectivity index (χ2n) is 5.12. The van der Waals surface area contributed by atoms with Crippen LogP contribution in [0.3, 0.4) is 0 Å². The molecule has 0 saturated heterocycles. The first-order valence-corrected chi connectivity index (χ1v) is 6.78. The van der Waals surface area contributed by atoms with Crippen molar-refractivity contribution >= 4 is 23.2 Å². The van der Waals surface area contributed by atoms with Crippen LogP contribution < -0.4 is 5.32 Å². The number of nitrogens with zero attached hydrogens (tertiary/aromatic N) is 4. The lowest BCUT2D eigenvalue weighted by Gasteiger charge is -2.30. The third-order valence-corrected chi connectivity index (χ3v) is 4.22. The zero-order valence-electron chi connectivity index (χ0n) is 10.7. The van der Waals surface area contributed by atoms with E-state index in [-0.39, 0.29) is 12.1 Å². The monoisotopic (exact) mass is 281 g/mol. The Kier molecular flexibility index (Phi) is 3.06. The number of rotatable bonds is 3. The lowest BCUT2D eigenvalue weighted by molar-refractivity contribution is 0.213. The molecule has 2 N–H and O–H groups in total. The van der Waals surface area contributed by atoms with Gasteiger partial charge in [0.1, 0.15) is 17.3 Å². The van der Waals surface area contributed by atoms with Crippen molar-refractivity contribution in [3.63, 3.8) is 0 Å². The van der Waals surface area contributed by atoms with E-state index in [0.717, 1.165) is 37.1 Å². The van der Waals surface area contributed by atoms with E-state index in [9.17, 15) is 5.11 Å². The highest BCUT2D eigenvalue weighted by Crippen LogP contribution is 2.34. The Morgan fingerprint density at radius 3 is 2.89 bits per heavy atom. The van der Waals surface area contributed by atoms with Crippen LogP contribution in [0.1, 0.15) is 31.2 Å². The second-order valence-corrected chi connectivity index (χ2v) is 5.48. The summed E-state index contributed by atoms with van der Waals surface area (Å²) >= 11 is 6.13. The van der Waals surface area contributed by atoms with Gasteiger partial charge < -0.3 is 10.4 Å². The van der Waals surface area contributed by atoms with Gasteiger partial charge in [-0.25, -0.2) is 0 Å². The van der Waals surface area contributed by atoms with Crippen LogP contribution in [0.15, 0.2) is 6.33 Å². The van der Waals surface area contributed by atoms with E-state index in [1.165, 1.54) is 6.33 Å². The summed E-state index contributed by atoms with van der Waals surface area (Å²) in [5, 5.41) is 17.7. The van der Waals surface area contributed by atoms with Gasteiger partial charge >= 0.3 is 0 Å². The van der Waals surface area contributed by atoms with Crippen LogP contribution in [0.5, 0.6) is 0 Å². The number of hydrogen-bond donors (Lipinski definition) is 2. The molecule has 3 rings (SSSR count). The van der Waals surface area contributed by atoms with Crippen molar-refractivity contribution in [1.82, 2.24) is 19.6 Å². The molecule has 0 unspecified atom stereocenters. The third kappa shape index (κ3) is 2.04. The van der Waals surface area contributed by atoms with Gasteiger partial charge in [-0.2, -0.15) is 19.6 Å². The Labute approximate surface area is 115 Å². The van der Waals surface area contributed by atoms with Crippen molar-refractivity contribution in [3.05, 3.63) is 17.0 Å². The molecule has 0 amide bonds. The normalized spacial score (nSPS) is 18.1. The molecular weight excluding hydrogens is 266 g/mol. The molecule has 19 heavy (non-hydrogen) atoms. The zero-order chi connectivity index (χ0) is 13.5. The van der Waals surface area contributed by atoms with Gasteiger partial charge in [-0.1, -0.05) is 24.4 Å². The molecule has 7 heteroatoms. The molecule has 0 bridgehead atoms. The van der Waals surface area contributed by atoms with Gasteiger partial charge in [0.2, 0.25) is 0 Å². The molecule has 0 radical (unpaired) electrons. The van der Waals surface area contributed by atoms with E-state index in [2.05, 4.69) is 20.4 Å². The predicted octanol–water partition coefficient (Wildman–Crippen LogP) is 1.80. The topological polar surface area (TPSA) is 75.3 Å². The van der Waals surface area contributed by atoms with E-state index in [4.69, 9.17) is 11.6 Å². The van der Waals surface area contributed by atoms with Gasteiger partial charge in [0.15, 0.2) is 0 Å². The summed E-state index contributed by atoms with van der Waals surface area (Å²) in [6.45, 7) is 1.99. The summed E-state index contributed by atoms with van der Waals surface area (Å²) in [7, 11) is 0. The lowest BCUT2D eigenvalue weighted by Crippen LogP contribution is -2.40. The summed E-state index contributed by atoms with van der Waals surface area (Å²) in [6, 6.07) is 0. The van der Waals surface area contributed by atoms with Crippen LogP contribution in [0.4, 0.5) is 5.82 Å². The molecule has 0 aromatic carbocycles. The molecule has 1 aliphatic rings. The number of fused-ring (bicyclic) bond motifs is 1. The molecule has 2 aromatic heterocycles. The lowest BCUT2D eigenvalue weighted by atomic mass is 9.99. The summed E-state index contributed by atoms with van der Waals surface area (Å²) in [4.78, 5) is 8.23. The van der Waals surface area contributed by atoms with Gasteiger partial charge in [-0.15, -0.1) is 0 Å². The standard InChI is InChI=1S/C12H16ClN5O/c1-8-9(13)16-11-14-7-15-18(11)10(8)17-12(6-19)4-2-3-5-12/h7,17,19H,2-6H2,1H3. The highest BCUT2D eigenvalue weighted by Gasteiger charge is 2.34. The van der Waals surface area contributed by atoms with Crippen molar-refractivity contribution in [3.8, 4) is 0 Å². The maximum Gasteiger partial charge on any atom is 0.255 e. The molecule has 102 valence electrons. The van der Waals surface area contributed by atoms with Crippen LogP contribution in [0, 0.1) is 6.92 Å². The Hall–Kier alpha value is -1.40. The molecule has 2 heterocycles. The summed E-state index contributed by atoms with van der Waals surface area (Å²) in [5.74, 6) is 1.23. The van der Waals surface area contributed by atoms with E-state index >= 15 is 0 Å². The molecule has 1 fully saturated rings. The van der Waals surface area contributed by atoms with Gasteiger partial charge in [0.25, 0.3) is 5.78 Å². The fourth-order valence-electron chi connectivity index (χ4n) is 2.67. The Morgan fingerprint density at radius 1 is 1.47 bits per heavy atom. The third-order valence-electron chi connectivity index (χ3n) is 3.85. The fourth-order valence-corrected chi connectivity index (χ4v) is 2.83. The van der Waals surface area contributed by atoms with Gasteiger partial charge in [-0.3, -0.25) is 0 Å². The molecule has 1 aliphatic carbocycles. The van der Waals surface area contributed by atoms with Crippen molar-refractivity contribution in [1.29, 1.82) is 0 Å². The van der Waals surface area contributed by atoms with Crippen molar-refractivity contribution in [2.24, 2.45) is 0 Å². The van der Waals surface area contributed by atoms with E-state index in [0.29, 0.717) is 10.9 Å². The van der Waals surface area contributed by atoms with Gasteiger partial charge in [-0.05, 0) is 19.8 Å².